The Morgan fingerprint density at radius 2 is 1.78 bits per heavy atom. The third-order valence-corrected chi connectivity index (χ3v) is 3.68. The largest absolute Gasteiger partial charge is 0.497 e. The van der Waals surface area contributed by atoms with Gasteiger partial charge in [0.2, 0.25) is 0 Å². The zero-order chi connectivity index (χ0) is 16.6. The van der Waals surface area contributed by atoms with Gasteiger partial charge in [-0.2, -0.15) is 13.2 Å². The van der Waals surface area contributed by atoms with Crippen molar-refractivity contribution in [2.24, 2.45) is 0 Å². The van der Waals surface area contributed by atoms with Crippen molar-refractivity contribution in [1.29, 1.82) is 0 Å². The monoisotopic (exact) mass is 319 g/mol. The number of rotatable bonds is 3. The fourth-order valence-corrected chi connectivity index (χ4v) is 2.58. The van der Waals surface area contributed by atoms with E-state index < -0.39 is 11.7 Å². The van der Waals surface area contributed by atoms with Crippen LogP contribution in [-0.2, 0) is 6.18 Å². The predicted molar refractivity (Wildman–Crippen MR) is 80.7 cm³/mol. The molecule has 0 fully saturated rings. The SMILES string of the molecule is COc1ccc(-c2[nH]c3c(C(F)(F)F)cccc3c2C=O)cc1. The fraction of sp³-hybridized carbons (Fsp3) is 0.118. The molecule has 118 valence electrons. The van der Waals surface area contributed by atoms with Crippen molar-refractivity contribution in [3.8, 4) is 17.0 Å². The van der Waals surface area contributed by atoms with Crippen molar-refractivity contribution >= 4 is 17.2 Å². The number of nitrogens with one attached hydrogen (secondary N) is 1. The highest BCUT2D eigenvalue weighted by Gasteiger charge is 2.34. The summed E-state index contributed by atoms with van der Waals surface area (Å²) in [6.07, 6.45) is -3.93. The molecular weight excluding hydrogens is 307 g/mol. The molecule has 1 N–H and O–H groups in total. The second-order valence-electron chi connectivity index (χ2n) is 4.99. The number of methoxy groups -OCH3 is 1. The number of hydrogen-bond donors (Lipinski definition) is 1. The lowest BCUT2D eigenvalue weighted by Gasteiger charge is -2.07. The van der Waals surface area contributed by atoms with Gasteiger partial charge in [0.05, 0.1) is 23.9 Å². The minimum atomic E-state index is -4.50. The van der Waals surface area contributed by atoms with E-state index in [0.29, 0.717) is 23.3 Å². The minimum absolute atomic E-state index is 0.0899. The third kappa shape index (κ3) is 2.56. The molecule has 6 heteroatoms. The van der Waals surface area contributed by atoms with Crippen LogP contribution in [-0.4, -0.2) is 18.4 Å². The van der Waals surface area contributed by atoms with Gasteiger partial charge >= 0.3 is 6.18 Å². The summed E-state index contributed by atoms with van der Waals surface area (Å²) in [5, 5.41) is 0.251. The normalized spacial score (nSPS) is 11.7. The third-order valence-electron chi connectivity index (χ3n) is 3.68. The first-order valence-electron chi connectivity index (χ1n) is 6.77. The highest BCUT2D eigenvalue weighted by Crippen LogP contribution is 2.38. The summed E-state index contributed by atoms with van der Waals surface area (Å²) >= 11 is 0. The van der Waals surface area contributed by atoms with E-state index >= 15 is 0 Å². The molecule has 1 heterocycles. The lowest BCUT2D eigenvalue weighted by atomic mass is 10.0. The highest BCUT2D eigenvalue weighted by molar-refractivity contribution is 6.05. The zero-order valence-electron chi connectivity index (χ0n) is 12.1. The number of alkyl halides is 3. The van der Waals surface area contributed by atoms with Crippen LogP contribution in [0.4, 0.5) is 13.2 Å². The van der Waals surface area contributed by atoms with Crippen LogP contribution in [0.2, 0.25) is 0 Å². The number of benzene rings is 2. The zero-order valence-corrected chi connectivity index (χ0v) is 12.1. The van der Waals surface area contributed by atoms with E-state index in [9.17, 15) is 18.0 Å². The van der Waals surface area contributed by atoms with Crippen LogP contribution in [0.3, 0.4) is 0 Å². The van der Waals surface area contributed by atoms with E-state index in [1.165, 1.54) is 19.2 Å². The average molecular weight is 319 g/mol. The highest BCUT2D eigenvalue weighted by atomic mass is 19.4. The summed E-state index contributed by atoms with van der Waals surface area (Å²) in [4.78, 5) is 14.2. The average Bonchev–Trinajstić information content (AvgIpc) is 2.92. The lowest BCUT2D eigenvalue weighted by molar-refractivity contribution is -0.136. The van der Waals surface area contributed by atoms with E-state index in [2.05, 4.69) is 4.98 Å². The molecule has 3 aromatic rings. The van der Waals surface area contributed by atoms with E-state index in [0.717, 1.165) is 6.07 Å². The van der Waals surface area contributed by atoms with E-state index in [-0.39, 0.29) is 16.5 Å². The van der Waals surface area contributed by atoms with Crippen molar-refractivity contribution in [2.45, 2.75) is 6.18 Å². The number of aldehydes is 1. The quantitative estimate of drug-likeness (QED) is 0.713. The maximum atomic E-state index is 13.1. The number of hydrogen-bond acceptors (Lipinski definition) is 2. The van der Waals surface area contributed by atoms with Gasteiger partial charge in [-0.25, -0.2) is 0 Å². The van der Waals surface area contributed by atoms with Gasteiger partial charge in [0.25, 0.3) is 0 Å². The Labute approximate surface area is 129 Å². The van der Waals surface area contributed by atoms with Crippen LogP contribution < -0.4 is 4.74 Å². The summed E-state index contributed by atoms with van der Waals surface area (Å²) in [6.45, 7) is 0. The number of H-pyrrole nitrogens is 1. The second-order valence-corrected chi connectivity index (χ2v) is 4.99. The number of para-hydroxylation sites is 1. The molecule has 0 amide bonds. The fourth-order valence-electron chi connectivity index (χ4n) is 2.58. The number of carbonyl (C=O) groups excluding carboxylic acids is 1. The Kier molecular flexibility index (Phi) is 3.60. The number of aromatic nitrogens is 1. The molecule has 0 aliphatic carbocycles. The Morgan fingerprint density at radius 1 is 1.09 bits per heavy atom. The van der Waals surface area contributed by atoms with E-state index in [1.54, 1.807) is 24.3 Å². The van der Waals surface area contributed by atoms with Gasteiger partial charge in [0.15, 0.2) is 6.29 Å². The number of fused-ring (bicyclic) bond motifs is 1. The summed E-state index contributed by atoms with van der Waals surface area (Å²) < 4.78 is 44.5. The van der Waals surface area contributed by atoms with E-state index in [1.807, 2.05) is 0 Å². The molecule has 0 saturated heterocycles. The Hall–Kier alpha value is -2.76. The van der Waals surface area contributed by atoms with E-state index in [4.69, 9.17) is 4.74 Å². The molecule has 23 heavy (non-hydrogen) atoms. The first-order chi connectivity index (χ1) is 11.0. The van der Waals surface area contributed by atoms with Crippen LogP contribution in [0.1, 0.15) is 15.9 Å². The number of aromatic amines is 1. The molecule has 0 atom stereocenters. The molecule has 0 spiro atoms. The van der Waals surface area contributed by atoms with Crippen molar-refractivity contribution in [3.05, 3.63) is 53.6 Å². The van der Waals surface area contributed by atoms with Crippen LogP contribution in [0, 0.1) is 0 Å². The van der Waals surface area contributed by atoms with Gasteiger partial charge in [0, 0.05) is 10.9 Å². The lowest BCUT2D eigenvalue weighted by Crippen LogP contribution is -2.05. The smallest absolute Gasteiger partial charge is 0.418 e. The van der Waals surface area contributed by atoms with Crippen LogP contribution in [0.15, 0.2) is 42.5 Å². The van der Waals surface area contributed by atoms with Crippen molar-refractivity contribution in [2.75, 3.05) is 7.11 Å². The van der Waals surface area contributed by atoms with Gasteiger partial charge in [-0.15, -0.1) is 0 Å². The first-order valence-corrected chi connectivity index (χ1v) is 6.77. The number of ether oxygens (including phenoxy) is 1. The molecule has 0 aliphatic heterocycles. The molecular formula is C17H12F3NO2. The van der Waals surface area contributed by atoms with Crippen molar-refractivity contribution in [1.82, 2.24) is 4.98 Å². The van der Waals surface area contributed by atoms with Crippen molar-refractivity contribution in [3.63, 3.8) is 0 Å². The molecule has 0 aliphatic rings. The van der Waals surface area contributed by atoms with Gasteiger partial charge in [-0.05, 0) is 35.9 Å². The topological polar surface area (TPSA) is 42.1 Å². The maximum Gasteiger partial charge on any atom is 0.418 e. The molecule has 0 saturated carbocycles. The van der Waals surface area contributed by atoms with Gasteiger partial charge in [-0.3, -0.25) is 4.79 Å². The molecule has 2 aromatic carbocycles. The summed E-state index contributed by atoms with van der Waals surface area (Å²) in [5.74, 6) is 0.619. The minimum Gasteiger partial charge on any atom is -0.497 e. The molecule has 0 radical (unpaired) electrons. The van der Waals surface area contributed by atoms with Crippen LogP contribution >= 0.6 is 0 Å². The molecule has 0 unspecified atom stereocenters. The van der Waals surface area contributed by atoms with Gasteiger partial charge in [-0.1, -0.05) is 12.1 Å². The van der Waals surface area contributed by atoms with Crippen LogP contribution in [0.5, 0.6) is 5.75 Å². The van der Waals surface area contributed by atoms with Crippen LogP contribution in [0.25, 0.3) is 22.2 Å². The Morgan fingerprint density at radius 3 is 2.35 bits per heavy atom. The summed E-state index contributed by atoms with van der Waals surface area (Å²) in [7, 11) is 1.52. The van der Waals surface area contributed by atoms with Crippen molar-refractivity contribution < 1.29 is 22.7 Å². The summed E-state index contributed by atoms with van der Waals surface area (Å²) in [5.41, 5.74) is 0.286. The number of carbonyl (C=O) groups is 1. The maximum absolute atomic E-state index is 13.1. The second kappa shape index (κ2) is 5.46. The molecule has 0 bridgehead atoms. The number of halogens is 3. The summed E-state index contributed by atoms with van der Waals surface area (Å²) in [6, 6.07) is 10.5. The molecule has 3 nitrogen and oxygen atoms in total. The van der Waals surface area contributed by atoms with Gasteiger partial charge in [0.1, 0.15) is 5.75 Å². The van der Waals surface area contributed by atoms with Gasteiger partial charge < -0.3 is 9.72 Å². The predicted octanol–water partition coefficient (Wildman–Crippen LogP) is 4.67. The molecule has 3 rings (SSSR count). The first kappa shape index (κ1) is 15.1. The molecule has 1 aromatic heterocycles. The standard InChI is InChI=1S/C17H12F3NO2/c1-23-11-7-5-10(6-8-11)15-13(9-22)12-3-2-4-14(16(12)21-15)17(18,19)20/h2-9,21H,1H3. The Bertz CT molecular complexity index is 864. The Balaban J connectivity index is 2.26.